The first-order valence-corrected chi connectivity index (χ1v) is 21.5. The molecule has 21 nitrogen and oxygen atoms in total. The van der Waals surface area contributed by atoms with Crippen LogP contribution in [0.4, 0.5) is 0 Å². The van der Waals surface area contributed by atoms with Crippen LogP contribution in [0.15, 0.2) is 29.3 Å². The number of phenolic OH excluding ortho intramolecular Hbond substituents is 1. The number of carboxylic acid groups (broad SMARTS) is 2. The molecule has 7 atom stereocenters. The number of rotatable bonds is 25. The van der Waals surface area contributed by atoms with Crippen LogP contribution in [-0.4, -0.2) is 129 Å². The van der Waals surface area contributed by atoms with Crippen molar-refractivity contribution >= 4 is 53.3 Å². The van der Waals surface area contributed by atoms with Crippen molar-refractivity contribution in [3.63, 3.8) is 0 Å². The number of amides is 6. The van der Waals surface area contributed by atoms with Gasteiger partial charge in [0.25, 0.3) is 0 Å². The SMILES string of the molecule is CCC(C)C(NC(=O)C(Cc1ccc(O)cc1)NC(=O)C(NC(=O)[C@H](CCCN=C(N)N)NC(=O)[C@@H](N)CC(=O)O)C(C)C)C(=O)NCC1CC(CC(=O)N2CCC[C@H]2C(=O)O)C1. The van der Waals surface area contributed by atoms with E-state index >= 15 is 0 Å². The van der Waals surface area contributed by atoms with Gasteiger partial charge < -0.3 is 64.0 Å². The van der Waals surface area contributed by atoms with E-state index in [1.807, 2.05) is 6.92 Å². The molecule has 0 radical (unpaired) electrons. The summed E-state index contributed by atoms with van der Waals surface area (Å²) in [5, 5.41) is 42.0. The standard InChI is InChI=1S/C42H66N10O11/c1-5-23(4)35(39(60)47-21-26-16-25(17-26)19-32(54)52-15-7-9-31(52)41(62)63)51-38(59)30(18-24-10-12-27(53)13-11-24)49-40(61)34(22(2)3)50-37(58)29(8-6-14-46-42(44)45)48-36(57)28(43)20-33(55)56/h10-13,22-23,25-26,28-31,34-35,53H,5-9,14-21,43H2,1-4H3,(H,47,60)(H,48,57)(H,49,61)(H,50,58)(H,51,59)(H,55,56)(H,62,63)(H4,44,45,46)/t23?,25?,26?,28-,29-,30?,31-,34?,35?/m0/s1. The Labute approximate surface area is 367 Å². The van der Waals surface area contributed by atoms with Crippen molar-refractivity contribution < 1.29 is 53.7 Å². The number of aromatic hydroxyl groups is 1. The lowest BCUT2D eigenvalue weighted by Crippen LogP contribution is -2.61. The Hall–Kier alpha value is -5.99. The molecule has 350 valence electrons. The molecule has 1 heterocycles. The number of carboxylic acids is 2. The molecule has 0 bridgehead atoms. The molecule has 0 aromatic heterocycles. The maximum Gasteiger partial charge on any atom is 0.326 e. The lowest BCUT2D eigenvalue weighted by molar-refractivity contribution is -0.149. The monoisotopic (exact) mass is 886 g/mol. The zero-order valence-electron chi connectivity index (χ0n) is 36.5. The van der Waals surface area contributed by atoms with E-state index in [1.54, 1.807) is 32.9 Å². The number of carbonyl (C=O) groups is 8. The Bertz CT molecular complexity index is 1800. The minimum atomic E-state index is -1.47. The van der Waals surface area contributed by atoms with Crippen molar-refractivity contribution in [1.29, 1.82) is 0 Å². The van der Waals surface area contributed by atoms with E-state index < -0.39 is 90.1 Å². The molecule has 1 aliphatic carbocycles. The van der Waals surface area contributed by atoms with E-state index in [0.717, 1.165) is 0 Å². The Balaban J connectivity index is 1.73. The molecule has 4 unspecified atom stereocenters. The van der Waals surface area contributed by atoms with Crippen LogP contribution in [0.3, 0.4) is 0 Å². The van der Waals surface area contributed by atoms with Crippen LogP contribution in [-0.2, 0) is 44.8 Å². The molecule has 6 amide bonds. The summed E-state index contributed by atoms with van der Waals surface area (Å²) in [5.41, 5.74) is 17.1. The van der Waals surface area contributed by atoms with E-state index in [9.17, 15) is 48.6 Å². The summed E-state index contributed by atoms with van der Waals surface area (Å²) in [5.74, 6) is -7.00. The number of hydrogen-bond donors (Lipinski definition) is 11. The lowest BCUT2D eigenvalue weighted by Gasteiger charge is -2.37. The topological polar surface area (TPSA) is 351 Å². The molecule has 14 N–H and O–H groups in total. The second-order valence-electron chi connectivity index (χ2n) is 17.0. The predicted molar refractivity (Wildman–Crippen MR) is 230 cm³/mol. The quantitative estimate of drug-likeness (QED) is 0.0320. The number of benzene rings is 1. The number of hydrogen-bond acceptors (Lipinski definition) is 11. The fourth-order valence-corrected chi connectivity index (χ4v) is 7.66. The highest BCUT2D eigenvalue weighted by molar-refractivity contribution is 5.96. The van der Waals surface area contributed by atoms with Crippen LogP contribution in [0.1, 0.15) is 91.0 Å². The van der Waals surface area contributed by atoms with Gasteiger partial charge in [0.2, 0.25) is 35.4 Å². The van der Waals surface area contributed by atoms with Crippen LogP contribution in [0, 0.1) is 23.7 Å². The molecule has 0 spiro atoms. The van der Waals surface area contributed by atoms with Gasteiger partial charge in [0, 0.05) is 32.5 Å². The molecule has 1 aliphatic heterocycles. The van der Waals surface area contributed by atoms with Gasteiger partial charge in [0.15, 0.2) is 5.96 Å². The number of aliphatic carboxylic acids is 2. The van der Waals surface area contributed by atoms with E-state index in [4.69, 9.17) is 22.3 Å². The van der Waals surface area contributed by atoms with Crippen LogP contribution in [0.5, 0.6) is 5.75 Å². The molecule has 1 saturated heterocycles. The van der Waals surface area contributed by atoms with Crippen molar-refractivity contribution in [3.05, 3.63) is 29.8 Å². The van der Waals surface area contributed by atoms with Gasteiger partial charge in [0.05, 0.1) is 12.5 Å². The van der Waals surface area contributed by atoms with Gasteiger partial charge in [-0.25, -0.2) is 4.79 Å². The third-order valence-electron chi connectivity index (χ3n) is 11.6. The van der Waals surface area contributed by atoms with Crippen LogP contribution >= 0.6 is 0 Å². The molecule has 1 aromatic carbocycles. The van der Waals surface area contributed by atoms with Crippen molar-refractivity contribution in [3.8, 4) is 5.75 Å². The van der Waals surface area contributed by atoms with Crippen molar-refractivity contribution in [2.75, 3.05) is 19.6 Å². The molecule has 1 saturated carbocycles. The molecular weight excluding hydrogens is 821 g/mol. The molecule has 21 heteroatoms. The minimum Gasteiger partial charge on any atom is -0.508 e. The Kier molecular flexibility index (Phi) is 20.1. The number of nitrogens with two attached hydrogens (primary N) is 3. The van der Waals surface area contributed by atoms with E-state index in [0.29, 0.717) is 50.8 Å². The average molecular weight is 887 g/mol. The predicted octanol–water partition coefficient (Wildman–Crippen LogP) is -0.960. The fraction of sp³-hybridized carbons (Fsp3) is 0.643. The second kappa shape index (κ2) is 24.6. The van der Waals surface area contributed by atoms with Gasteiger partial charge in [-0.3, -0.25) is 38.6 Å². The molecule has 1 aromatic rings. The van der Waals surface area contributed by atoms with Gasteiger partial charge in [-0.2, -0.15) is 0 Å². The Morgan fingerprint density at radius 2 is 1.44 bits per heavy atom. The van der Waals surface area contributed by atoms with E-state index in [-0.39, 0.29) is 67.6 Å². The van der Waals surface area contributed by atoms with Crippen molar-refractivity contribution in [2.24, 2.45) is 45.9 Å². The number of carbonyl (C=O) groups excluding carboxylic acids is 6. The summed E-state index contributed by atoms with van der Waals surface area (Å²) in [6.45, 7) is 7.81. The first kappa shape index (κ1) is 51.4. The summed E-state index contributed by atoms with van der Waals surface area (Å²) in [4.78, 5) is 109. The number of likely N-dealkylation sites (tertiary alicyclic amines) is 1. The van der Waals surface area contributed by atoms with Crippen molar-refractivity contribution in [1.82, 2.24) is 31.5 Å². The Morgan fingerprint density at radius 1 is 0.825 bits per heavy atom. The largest absolute Gasteiger partial charge is 0.508 e. The number of nitrogens with one attached hydrogen (secondary N) is 5. The molecule has 2 aliphatic rings. The van der Waals surface area contributed by atoms with Gasteiger partial charge in [-0.1, -0.05) is 46.2 Å². The maximum atomic E-state index is 14.1. The van der Waals surface area contributed by atoms with Gasteiger partial charge in [-0.15, -0.1) is 0 Å². The molecule has 3 rings (SSSR count). The second-order valence-corrected chi connectivity index (χ2v) is 17.0. The van der Waals surface area contributed by atoms with Gasteiger partial charge in [0.1, 0.15) is 36.0 Å². The maximum absolute atomic E-state index is 14.1. The lowest BCUT2D eigenvalue weighted by atomic mass is 9.73. The molecule has 63 heavy (non-hydrogen) atoms. The third kappa shape index (κ3) is 16.3. The zero-order valence-corrected chi connectivity index (χ0v) is 36.5. The number of guanidine groups is 1. The van der Waals surface area contributed by atoms with E-state index in [1.165, 1.54) is 17.0 Å². The van der Waals surface area contributed by atoms with Crippen LogP contribution < -0.4 is 43.8 Å². The van der Waals surface area contributed by atoms with E-state index in [2.05, 4.69) is 31.6 Å². The highest BCUT2D eigenvalue weighted by Crippen LogP contribution is 2.36. The van der Waals surface area contributed by atoms with Crippen molar-refractivity contribution in [2.45, 2.75) is 128 Å². The highest BCUT2D eigenvalue weighted by Gasteiger charge is 2.39. The average Bonchev–Trinajstić information content (AvgIpc) is 3.71. The summed E-state index contributed by atoms with van der Waals surface area (Å²) in [7, 11) is 0. The third-order valence-corrected chi connectivity index (χ3v) is 11.6. The van der Waals surface area contributed by atoms with Gasteiger partial charge >= 0.3 is 11.9 Å². The smallest absolute Gasteiger partial charge is 0.326 e. The zero-order chi connectivity index (χ0) is 47.0. The number of phenols is 1. The highest BCUT2D eigenvalue weighted by atomic mass is 16.4. The van der Waals surface area contributed by atoms with Crippen LogP contribution in [0.25, 0.3) is 0 Å². The first-order valence-electron chi connectivity index (χ1n) is 21.5. The Morgan fingerprint density at radius 3 is 2.03 bits per heavy atom. The first-order chi connectivity index (χ1) is 29.7. The summed E-state index contributed by atoms with van der Waals surface area (Å²) in [6, 6.07) is -1.07. The summed E-state index contributed by atoms with van der Waals surface area (Å²) >= 11 is 0. The number of nitrogens with zero attached hydrogens (tertiary/aromatic N) is 2. The normalized spacial score (nSPS) is 19.8. The van der Waals surface area contributed by atoms with Crippen LogP contribution in [0.2, 0.25) is 0 Å². The summed E-state index contributed by atoms with van der Waals surface area (Å²) in [6.07, 6.45) is 2.64. The van der Waals surface area contributed by atoms with Gasteiger partial charge in [-0.05, 0) is 79.9 Å². The molecule has 2 fully saturated rings. The summed E-state index contributed by atoms with van der Waals surface area (Å²) < 4.78 is 0. The minimum absolute atomic E-state index is 0.0136. The fourth-order valence-electron chi connectivity index (χ4n) is 7.66. The number of aliphatic imine (C=N–C) groups is 1. The molecular formula is C42H66N10O11.